The summed E-state index contributed by atoms with van der Waals surface area (Å²) in [6.07, 6.45) is 3.44. The second kappa shape index (κ2) is 7.08. The monoisotopic (exact) mass is 387 g/mol. The predicted octanol–water partition coefficient (Wildman–Crippen LogP) is 2.49. The van der Waals surface area contributed by atoms with Crippen LogP contribution in [0.1, 0.15) is 37.9 Å². The Labute approximate surface area is 158 Å². The maximum absolute atomic E-state index is 12.6. The average molecular weight is 387 g/mol. The van der Waals surface area contributed by atoms with Crippen LogP contribution >= 0.6 is 22.9 Å². The van der Waals surface area contributed by atoms with E-state index in [1.807, 2.05) is 18.2 Å². The van der Waals surface area contributed by atoms with Gasteiger partial charge in [-0.2, -0.15) is 0 Å². The molecule has 1 atom stereocenters. The molecule has 26 heavy (non-hydrogen) atoms. The van der Waals surface area contributed by atoms with E-state index in [2.05, 4.69) is 19.9 Å². The summed E-state index contributed by atoms with van der Waals surface area (Å²) >= 11 is 2.50. The molecule has 4 heterocycles. The molecule has 1 aliphatic heterocycles. The molecule has 3 aromatic heterocycles. The molecule has 7 nitrogen and oxygen atoms in total. The van der Waals surface area contributed by atoms with Crippen molar-refractivity contribution in [2.24, 2.45) is 0 Å². The van der Waals surface area contributed by atoms with Crippen LogP contribution in [0.25, 0.3) is 10.2 Å². The van der Waals surface area contributed by atoms with Crippen LogP contribution in [-0.4, -0.2) is 50.4 Å². The van der Waals surface area contributed by atoms with Crippen molar-refractivity contribution >= 4 is 44.9 Å². The van der Waals surface area contributed by atoms with Crippen LogP contribution in [0, 0.1) is 6.92 Å². The number of amides is 2. The van der Waals surface area contributed by atoms with Crippen molar-refractivity contribution in [3.8, 4) is 0 Å². The molecule has 0 saturated carbocycles. The molecule has 134 valence electrons. The van der Waals surface area contributed by atoms with E-state index in [0.29, 0.717) is 28.5 Å². The van der Waals surface area contributed by atoms with Crippen molar-refractivity contribution in [1.29, 1.82) is 0 Å². The maximum Gasteiger partial charge on any atom is 0.267 e. The zero-order valence-corrected chi connectivity index (χ0v) is 15.8. The van der Waals surface area contributed by atoms with E-state index >= 15 is 0 Å². The van der Waals surface area contributed by atoms with Gasteiger partial charge in [0.2, 0.25) is 0 Å². The van der Waals surface area contributed by atoms with E-state index in [4.69, 9.17) is 0 Å². The van der Waals surface area contributed by atoms with Crippen molar-refractivity contribution in [3.63, 3.8) is 0 Å². The molecule has 2 amide bonds. The summed E-state index contributed by atoms with van der Waals surface area (Å²) in [7, 11) is 0. The number of carbonyl (C=O) groups is 2. The highest BCUT2D eigenvalue weighted by Gasteiger charge is 2.28. The van der Waals surface area contributed by atoms with Crippen molar-refractivity contribution in [2.75, 3.05) is 13.1 Å². The number of nitrogens with zero attached hydrogens (tertiary/aromatic N) is 4. The van der Waals surface area contributed by atoms with Crippen molar-refractivity contribution < 1.29 is 9.59 Å². The Kier molecular flexibility index (Phi) is 4.64. The van der Waals surface area contributed by atoms with Crippen LogP contribution in [0.5, 0.6) is 0 Å². The van der Waals surface area contributed by atoms with E-state index in [1.165, 1.54) is 11.3 Å². The zero-order valence-electron chi connectivity index (χ0n) is 14.1. The summed E-state index contributed by atoms with van der Waals surface area (Å²) in [6.45, 7) is 2.98. The van der Waals surface area contributed by atoms with Crippen LogP contribution in [0.15, 0.2) is 24.4 Å². The summed E-state index contributed by atoms with van der Waals surface area (Å²) < 4.78 is 3.84. The van der Waals surface area contributed by atoms with Crippen LogP contribution in [0.3, 0.4) is 0 Å². The van der Waals surface area contributed by atoms with E-state index in [9.17, 15) is 9.59 Å². The van der Waals surface area contributed by atoms with Crippen LogP contribution in [0.2, 0.25) is 0 Å². The summed E-state index contributed by atoms with van der Waals surface area (Å²) in [6, 6.07) is 5.61. The lowest BCUT2D eigenvalue weighted by Crippen LogP contribution is -2.49. The Morgan fingerprint density at radius 3 is 3.04 bits per heavy atom. The van der Waals surface area contributed by atoms with Crippen molar-refractivity contribution in [2.45, 2.75) is 25.8 Å². The Morgan fingerprint density at radius 1 is 1.38 bits per heavy atom. The van der Waals surface area contributed by atoms with Gasteiger partial charge in [-0.3, -0.25) is 9.59 Å². The molecule has 1 saturated heterocycles. The molecule has 1 aliphatic rings. The maximum atomic E-state index is 12.6. The van der Waals surface area contributed by atoms with E-state index in [1.54, 1.807) is 18.0 Å². The number of hydrogen-bond acceptors (Lipinski definition) is 7. The molecule has 4 rings (SSSR count). The highest BCUT2D eigenvalue weighted by atomic mass is 32.1. The summed E-state index contributed by atoms with van der Waals surface area (Å²) in [5.74, 6) is -0.162. The molecule has 3 aromatic rings. The first-order valence-electron chi connectivity index (χ1n) is 8.35. The lowest BCUT2D eigenvalue weighted by atomic mass is 10.1. The number of aromatic nitrogens is 3. The van der Waals surface area contributed by atoms with Gasteiger partial charge in [-0.05, 0) is 43.4 Å². The van der Waals surface area contributed by atoms with E-state index in [0.717, 1.165) is 34.6 Å². The summed E-state index contributed by atoms with van der Waals surface area (Å²) in [5.41, 5.74) is 0.656. The number of piperidine rings is 1. The van der Waals surface area contributed by atoms with Gasteiger partial charge in [0.15, 0.2) is 0 Å². The highest BCUT2D eigenvalue weighted by Crippen LogP contribution is 2.24. The Hall–Kier alpha value is -2.39. The third kappa shape index (κ3) is 3.32. The Balaban J connectivity index is 1.44. The molecule has 0 radical (unpaired) electrons. The van der Waals surface area contributed by atoms with Gasteiger partial charge in [0, 0.05) is 30.7 Å². The number of carbonyl (C=O) groups excluding carboxylic acids is 2. The van der Waals surface area contributed by atoms with E-state index < -0.39 is 0 Å². The number of hydrogen-bond donors (Lipinski definition) is 1. The van der Waals surface area contributed by atoms with Gasteiger partial charge >= 0.3 is 0 Å². The van der Waals surface area contributed by atoms with Gasteiger partial charge in [0.1, 0.15) is 9.71 Å². The molecule has 1 fully saturated rings. The fourth-order valence-corrected chi connectivity index (χ4v) is 4.62. The molecule has 0 aromatic carbocycles. The standard InChI is InChI=1S/C17H17N5O2S2/c1-10-14(26-21-20-10)17(24)22-7-3-5-12(9-22)19-15(23)13-8-11-4-2-6-18-16(11)25-13/h2,4,6,8,12H,3,5,7,9H2,1H3,(H,19,23)/t12-/m0/s1. The number of aryl methyl sites for hydroxylation is 1. The number of nitrogens with one attached hydrogen (secondary N) is 1. The second-order valence-corrected chi connectivity index (χ2v) is 8.04. The number of rotatable bonds is 3. The molecule has 1 N–H and O–H groups in total. The number of likely N-dealkylation sites (tertiary alicyclic amines) is 1. The van der Waals surface area contributed by atoms with Crippen molar-refractivity contribution in [1.82, 2.24) is 24.8 Å². The minimum atomic E-state index is -0.108. The zero-order chi connectivity index (χ0) is 18.1. The van der Waals surface area contributed by atoms with Gasteiger partial charge in [0.05, 0.1) is 10.6 Å². The fourth-order valence-electron chi connectivity index (χ4n) is 3.09. The molecular weight excluding hydrogens is 370 g/mol. The first kappa shape index (κ1) is 17.0. The van der Waals surface area contributed by atoms with Crippen LogP contribution in [0.4, 0.5) is 0 Å². The fraction of sp³-hybridized carbons (Fsp3) is 0.353. The molecule has 0 aliphatic carbocycles. The topological polar surface area (TPSA) is 88.1 Å². The number of fused-ring (bicyclic) bond motifs is 1. The Bertz CT molecular complexity index is 934. The third-order valence-corrected chi connectivity index (χ3v) is 6.28. The number of thiophene rings is 1. The van der Waals surface area contributed by atoms with Crippen molar-refractivity contribution in [3.05, 3.63) is 39.8 Å². The summed E-state index contributed by atoms with van der Waals surface area (Å²) in [5, 5.41) is 7.94. The largest absolute Gasteiger partial charge is 0.347 e. The quantitative estimate of drug-likeness (QED) is 0.746. The van der Waals surface area contributed by atoms with Gasteiger partial charge < -0.3 is 10.2 Å². The normalized spacial score (nSPS) is 17.4. The van der Waals surface area contributed by atoms with Crippen LogP contribution in [-0.2, 0) is 0 Å². The van der Waals surface area contributed by atoms with Gasteiger partial charge in [-0.1, -0.05) is 10.6 Å². The second-order valence-electron chi connectivity index (χ2n) is 6.26. The van der Waals surface area contributed by atoms with Gasteiger partial charge in [-0.25, -0.2) is 4.98 Å². The number of pyridine rings is 1. The van der Waals surface area contributed by atoms with E-state index in [-0.39, 0.29) is 17.9 Å². The summed E-state index contributed by atoms with van der Waals surface area (Å²) in [4.78, 5) is 33.4. The smallest absolute Gasteiger partial charge is 0.267 e. The average Bonchev–Trinajstić information content (AvgIpc) is 3.27. The van der Waals surface area contributed by atoms with Gasteiger partial charge in [0.25, 0.3) is 11.8 Å². The third-order valence-electron chi connectivity index (χ3n) is 4.41. The molecular formula is C17H17N5O2S2. The molecule has 9 heteroatoms. The molecule has 0 spiro atoms. The molecule has 0 bridgehead atoms. The minimum Gasteiger partial charge on any atom is -0.347 e. The molecule has 0 unspecified atom stereocenters. The van der Waals surface area contributed by atoms with Gasteiger partial charge in [-0.15, -0.1) is 16.4 Å². The first-order chi connectivity index (χ1) is 12.6. The van der Waals surface area contributed by atoms with Crippen LogP contribution < -0.4 is 5.32 Å². The SMILES string of the molecule is Cc1nnsc1C(=O)N1CCC[C@H](NC(=O)c2cc3cccnc3s2)C1. The lowest BCUT2D eigenvalue weighted by molar-refractivity contribution is 0.0680. The minimum absolute atomic E-state index is 0.0532. The highest BCUT2D eigenvalue weighted by molar-refractivity contribution is 7.20. The Morgan fingerprint density at radius 2 is 2.27 bits per heavy atom. The predicted molar refractivity (Wildman–Crippen MR) is 101 cm³/mol. The lowest BCUT2D eigenvalue weighted by Gasteiger charge is -2.32. The first-order valence-corrected chi connectivity index (χ1v) is 9.94.